The van der Waals surface area contributed by atoms with Gasteiger partial charge in [0.15, 0.2) is 5.82 Å². The predicted octanol–water partition coefficient (Wildman–Crippen LogP) is 2.52. The fourth-order valence-corrected chi connectivity index (χ4v) is 1.82. The van der Waals surface area contributed by atoms with Crippen molar-refractivity contribution in [3.8, 4) is 5.75 Å². The maximum atomic E-state index is 11.0. The number of hydrogen-bond donors (Lipinski definition) is 2. The van der Waals surface area contributed by atoms with Gasteiger partial charge in [0.1, 0.15) is 5.75 Å². The van der Waals surface area contributed by atoms with Gasteiger partial charge in [0.25, 0.3) is 0 Å². The van der Waals surface area contributed by atoms with Crippen molar-refractivity contribution in [1.29, 1.82) is 0 Å². The van der Waals surface area contributed by atoms with Crippen LogP contribution in [0.4, 0.5) is 5.82 Å². The van der Waals surface area contributed by atoms with E-state index in [0.717, 1.165) is 10.9 Å². The van der Waals surface area contributed by atoms with Crippen LogP contribution in [0, 0.1) is 0 Å². The first-order chi connectivity index (χ1) is 8.65. The number of pyridine rings is 1. The zero-order chi connectivity index (χ0) is 13.1. The zero-order valence-corrected chi connectivity index (χ0v) is 10.2. The van der Waals surface area contributed by atoms with Crippen LogP contribution in [0.5, 0.6) is 5.75 Å². The second kappa shape index (κ2) is 5.01. The summed E-state index contributed by atoms with van der Waals surface area (Å²) < 4.78 is 5.14. The molecule has 0 atom stereocenters. The molecule has 94 valence electrons. The van der Waals surface area contributed by atoms with Crippen LogP contribution in [0.3, 0.4) is 0 Å². The summed E-state index contributed by atoms with van der Waals surface area (Å²) >= 11 is 0. The lowest BCUT2D eigenvalue weighted by atomic mass is 10.1. The Kier molecular flexibility index (Phi) is 3.43. The van der Waals surface area contributed by atoms with Gasteiger partial charge in [-0.15, -0.1) is 0 Å². The maximum Gasteiger partial charge on any atom is 0.308 e. The van der Waals surface area contributed by atoms with Gasteiger partial charge in [0, 0.05) is 12.3 Å². The van der Waals surface area contributed by atoms with Crippen LogP contribution in [-0.4, -0.2) is 16.2 Å². The Morgan fingerprint density at radius 2 is 2.28 bits per heavy atom. The van der Waals surface area contributed by atoms with Gasteiger partial charge in [-0.1, -0.05) is 13.0 Å². The molecule has 1 aromatic heterocycles. The summed E-state index contributed by atoms with van der Waals surface area (Å²) in [4.78, 5) is 15.3. The van der Waals surface area contributed by atoms with E-state index in [-0.39, 0.29) is 5.97 Å². The van der Waals surface area contributed by atoms with Crippen LogP contribution in [0.1, 0.15) is 19.4 Å². The quantitative estimate of drug-likeness (QED) is 0.494. The van der Waals surface area contributed by atoms with E-state index in [4.69, 9.17) is 9.94 Å². The maximum absolute atomic E-state index is 11.0. The third kappa shape index (κ3) is 2.26. The Balaban J connectivity index is 2.64. The number of aromatic nitrogens is 1. The number of nitrogens with one attached hydrogen (secondary N) is 1. The molecular formula is C13H14N2O3. The molecule has 5 heteroatoms. The fourth-order valence-electron chi connectivity index (χ4n) is 1.82. The van der Waals surface area contributed by atoms with Crippen molar-refractivity contribution in [3.05, 3.63) is 29.8 Å². The molecule has 0 saturated carbocycles. The number of esters is 1. The second-order valence-electron chi connectivity index (χ2n) is 3.88. The summed E-state index contributed by atoms with van der Waals surface area (Å²) in [6.45, 7) is 3.31. The smallest absolute Gasteiger partial charge is 0.308 e. The molecule has 18 heavy (non-hydrogen) atoms. The van der Waals surface area contributed by atoms with Crippen molar-refractivity contribution < 1.29 is 14.7 Å². The highest BCUT2D eigenvalue weighted by atomic mass is 16.5. The van der Waals surface area contributed by atoms with Gasteiger partial charge >= 0.3 is 5.97 Å². The van der Waals surface area contributed by atoms with Gasteiger partial charge in [-0.2, -0.15) is 0 Å². The number of nitrogens with zero attached hydrogens (tertiary/aromatic N) is 1. The minimum atomic E-state index is -0.370. The second-order valence-corrected chi connectivity index (χ2v) is 3.88. The van der Waals surface area contributed by atoms with Crippen LogP contribution in [-0.2, 0) is 11.2 Å². The number of hydrogen-bond acceptors (Lipinski definition) is 5. The summed E-state index contributed by atoms with van der Waals surface area (Å²) in [7, 11) is 0. The standard InChI is InChI=1S/C13H14N2O3/c1-3-9-7-10-11(14-13(9)15-17)5-4-6-12(10)18-8(2)16/h4-7,17H,3H2,1-2H3,(H,14,15). The number of ether oxygens (including phenoxy) is 1. The van der Waals surface area contributed by atoms with Crippen LogP contribution >= 0.6 is 0 Å². The Labute approximate surface area is 104 Å². The molecule has 1 aromatic carbocycles. The van der Waals surface area contributed by atoms with Crippen molar-refractivity contribution in [2.45, 2.75) is 20.3 Å². The molecule has 0 amide bonds. The molecule has 2 N–H and O–H groups in total. The molecule has 0 aliphatic carbocycles. The average molecular weight is 246 g/mol. The number of aryl methyl sites for hydroxylation is 1. The van der Waals surface area contributed by atoms with E-state index in [1.54, 1.807) is 18.2 Å². The highest BCUT2D eigenvalue weighted by Gasteiger charge is 2.09. The summed E-state index contributed by atoms with van der Waals surface area (Å²) in [5.41, 5.74) is 3.59. The van der Waals surface area contributed by atoms with E-state index >= 15 is 0 Å². The lowest BCUT2D eigenvalue weighted by Crippen LogP contribution is -2.03. The Morgan fingerprint density at radius 3 is 2.89 bits per heavy atom. The topological polar surface area (TPSA) is 71.5 Å². The Hall–Kier alpha value is -2.14. The third-order valence-electron chi connectivity index (χ3n) is 2.64. The lowest BCUT2D eigenvalue weighted by Gasteiger charge is -2.10. The number of carbonyl (C=O) groups excluding carboxylic acids is 1. The van der Waals surface area contributed by atoms with Gasteiger partial charge in [-0.05, 0) is 30.2 Å². The average Bonchev–Trinajstić information content (AvgIpc) is 2.37. The molecule has 0 bridgehead atoms. The normalized spacial score (nSPS) is 10.4. The minimum absolute atomic E-state index is 0.370. The van der Waals surface area contributed by atoms with E-state index in [1.807, 2.05) is 13.0 Å². The number of fused-ring (bicyclic) bond motifs is 1. The molecule has 0 aliphatic rings. The molecule has 0 aliphatic heterocycles. The first kappa shape index (κ1) is 12.3. The molecule has 0 unspecified atom stereocenters. The third-order valence-corrected chi connectivity index (χ3v) is 2.64. The zero-order valence-electron chi connectivity index (χ0n) is 10.2. The molecule has 0 spiro atoms. The molecule has 5 nitrogen and oxygen atoms in total. The highest BCUT2D eigenvalue weighted by molar-refractivity contribution is 5.89. The van der Waals surface area contributed by atoms with Crippen molar-refractivity contribution in [2.75, 3.05) is 5.48 Å². The van der Waals surface area contributed by atoms with Crippen LogP contribution in [0.2, 0.25) is 0 Å². The van der Waals surface area contributed by atoms with Gasteiger partial charge in [0.05, 0.1) is 5.52 Å². The SMILES string of the molecule is CCc1cc2c(OC(C)=O)cccc2nc1NO. The van der Waals surface area contributed by atoms with E-state index < -0.39 is 0 Å². The number of rotatable bonds is 3. The van der Waals surface area contributed by atoms with Crippen molar-refractivity contribution in [3.63, 3.8) is 0 Å². The van der Waals surface area contributed by atoms with Crippen molar-refractivity contribution in [1.82, 2.24) is 4.98 Å². The lowest BCUT2D eigenvalue weighted by molar-refractivity contribution is -0.131. The first-order valence-electron chi connectivity index (χ1n) is 5.67. The monoisotopic (exact) mass is 246 g/mol. The molecule has 0 fully saturated rings. The Morgan fingerprint density at radius 1 is 1.50 bits per heavy atom. The Bertz CT molecular complexity index is 596. The number of carbonyl (C=O) groups is 1. The predicted molar refractivity (Wildman–Crippen MR) is 67.8 cm³/mol. The summed E-state index contributed by atoms with van der Waals surface area (Å²) in [5.74, 6) is 0.529. The van der Waals surface area contributed by atoms with Gasteiger partial charge in [0.2, 0.25) is 0 Å². The fraction of sp³-hybridized carbons (Fsp3) is 0.231. The number of anilines is 1. The van der Waals surface area contributed by atoms with E-state index in [1.165, 1.54) is 6.92 Å². The molecule has 0 radical (unpaired) electrons. The van der Waals surface area contributed by atoms with Crippen molar-refractivity contribution in [2.24, 2.45) is 0 Å². The molecule has 2 aromatic rings. The van der Waals surface area contributed by atoms with Gasteiger partial charge < -0.3 is 4.74 Å². The van der Waals surface area contributed by atoms with Crippen molar-refractivity contribution >= 4 is 22.7 Å². The highest BCUT2D eigenvalue weighted by Crippen LogP contribution is 2.28. The number of benzene rings is 1. The summed E-state index contributed by atoms with van der Waals surface area (Å²) in [6, 6.07) is 7.12. The van der Waals surface area contributed by atoms with E-state index in [9.17, 15) is 4.79 Å². The van der Waals surface area contributed by atoms with E-state index in [2.05, 4.69) is 10.5 Å². The molecule has 2 rings (SSSR count). The summed E-state index contributed by atoms with van der Waals surface area (Å²) in [6.07, 6.45) is 0.709. The van der Waals surface area contributed by atoms with E-state index in [0.29, 0.717) is 23.5 Å². The van der Waals surface area contributed by atoms with Crippen LogP contribution < -0.4 is 10.2 Å². The minimum Gasteiger partial charge on any atom is -0.426 e. The van der Waals surface area contributed by atoms with Gasteiger partial charge in [-0.25, -0.2) is 4.98 Å². The first-order valence-corrected chi connectivity index (χ1v) is 5.67. The largest absolute Gasteiger partial charge is 0.426 e. The summed E-state index contributed by atoms with van der Waals surface area (Å²) in [5, 5.41) is 9.78. The molecule has 1 heterocycles. The molecular weight excluding hydrogens is 232 g/mol. The van der Waals surface area contributed by atoms with Crippen LogP contribution in [0.15, 0.2) is 24.3 Å². The molecule has 0 saturated heterocycles. The van der Waals surface area contributed by atoms with Crippen LogP contribution in [0.25, 0.3) is 10.9 Å². The van der Waals surface area contributed by atoms with Gasteiger partial charge in [-0.3, -0.25) is 15.5 Å².